The van der Waals surface area contributed by atoms with E-state index in [9.17, 15) is 18.3 Å². The first-order valence-corrected chi connectivity index (χ1v) is 16.8. The number of benzene rings is 1. The fourth-order valence-electron chi connectivity index (χ4n) is 4.87. The van der Waals surface area contributed by atoms with Crippen LogP contribution in [0.3, 0.4) is 0 Å². The van der Waals surface area contributed by atoms with Crippen molar-refractivity contribution in [1.82, 2.24) is 10.6 Å². The summed E-state index contributed by atoms with van der Waals surface area (Å²) in [6, 6.07) is 6.92. The molecule has 1 fully saturated rings. The molecule has 8 nitrogen and oxygen atoms in total. The van der Waals surface area contributed by atoms with Gasteiger partial charge < -0.3 is 21.1 Å². The molecular formula is C29H47ClN4O4S2. The third kappa shape index (κ3) is 10.5. The summed E-state index contributed by atoms with van der Waals surface area (Å²) in [5.41, 5.74) is 2.59. The van der Waals surface area contributed by atoms with Gasteiger partial charge in [-0.3, -0.25) is 9.10 Å². The zero-order valence-corrected chi connectivity index (χ0v) is 26.6. The van der Waals surface area contributed by atoms with Crippen LogP contribution in [0.4, 0.5) is 11.4 Å². The SMILES string of the molecule is CCNc1cc(C(=O)N[C@@H](Cc2ccsc2)[C@H](O)CNC(C)CCCC(C)C)cc(N2CCCCS2(=O)=O)c1.Cl. The van der Waals surface area contributed by atoms with E-state index in [1.807, 2.05) is 23.8 Å². The standard InChI is InChI=1S/C29H46N4O4S2.ClH/c1-5-30-25-16-24(17-26(18-25)33-12-6-7-14-39(33,36)37)29(35)32-27(15-23-11-13-38-20-23)28(34)19-31-22(4)10-8-9-21(2)3;/h11,13,16-18,20-22,27-28,30-31,34H,5-10,12,14-15,19H2,1-4H3,(H,32,35);1H/t22?,27-,28+;/m0./s1. The summed E-state index contributed by atoms with van der Waals surface area (Å²) in [6.45, 7) is 9.93. The van der Waals surface area contributed by atoms with Crippen LogP contribution in [0.5, 0.6) is 0 Å². The highest BCUT2D eigenvalue weighted by Gasteiger charge is 2.28. The Morgan fingerprint density at radius 3 is 2.58 bits per heavy atom. The van der Waals surface area contributed by atoms with E-state index < -0.39 is 22.2 Å². The van der Waals surface area contributed by atoms with Gasteiger partial charge in [-0.15, -0.1) is 12.4 Å². The van der Waals surface area contributed by atoms with Crippen molar-refractivity contribution in [3.8, 4) is 0 Å². The summed E-state index contributed by atoms with van der Waals surface area (Å²) in [5.74, 6) is 0.446. The molecule has 1 unspecified atom stereocenters. The Bertz CT molecular complexity index is 1140. The minimum absolute atomic E-state index is 0. The number of amides is 1. The summed E-state index contributed by atoms with van der Waals surface area (Å²) in [5, 5.41) is 24.9. The van der Waals surface area contributed by atoms with Crippen molar-refractivity contribution < 1.29 is 18.3 Å². The lowest BCUT2D eigenvalue weighted by atomic mass is 10.0. The second kappa shape index (κ2) is 16.6. The Hall–Kier alpha value is -1.85. The molecule has 1 aliphatic heterocycles. The number of thiophene rings is 1. The highest BCUT2D eigenvalue weighted by atomic mass is 35.5. The van der Waals surface area contributed by atoms with Gasteiger partial charge >= 0.3 is 0 Å². The molecular weight excluding hydrogens is 568 g/mol. The summed E-state index contributed by atoms with van der Waals surface area (Å²) < 4.78 is 27.0. The maximum Gasteiger partial charge on any atom is 0.251 e. The lowest BCUT2D eigenvalue weighted by Crippen LogP contribution is -2.49. The molecule has 1 aromatic carbocycles. The van der Waals surface area contributed by atoms with Crippen LogP contribution in [0.1, 0.15) is 75.7 Å². The van der Waals surface area contributed by atoms with E-state index in [-0.39, 0.29) is 30.1 Å². The van der Waals surface area contributed by atoms with Gasteiger partial charge in [0.1, 0.15) is 0 Å². The number of halogens is 1. The van der Waals surface area contributed by atoms with Gasteiger partial charge in [0.15, 0.2) is 0 Å². The molecule has 3 rings (SSSR count). The van der Waals surface area contributed by atoms with Crippen LogP contribution in [-0.4, -0.2) is 63.0 Å². The van der Waals surface area contributed by atoms with E-state index in [1.165, 1.54) is 10.7 Å². The monoisotopic (exact) mass is 614 g/mol. The van der Waals surface area contributed by atoms with Crippen LogP contribution < -0.4 is 20.3 Å². The summed E-state index contributed by atoms with van der Waals surface area (Å²) >= 11 is 1.58. The number of nitrogens with one attached hydrogen (secondary N) is 3. The third-order valence-corrected chi connectivity index (χ3v) is 9.71. The van der Waals surface area contributed by atoms with E-state index in [1.54, 1.807) is 29.5 Å². The van der Waals surface area contributed by atoms with Gasteiger partial charge in [0, 0.05) is 36.9 Å². The molecule has 2 heterocycles. The lowest BCUT2D eigenvalue weighted by molar-refractivity contribution is 0.0825. The van der Waals surface area contributed by atoms with E-state index in [0.717, 1.165) is 24.8 Å². The Morgan fingerprint density at radius 2 is 1.93 bits per heavy atom. The number of carbonyl (C=O) groups excluding carboxylic acids is 1. The van der Waals surface area contributed by atoms with E-state index in [4.69, 9.17) is 0 Å². The Kier molecular flexibility index (Phi) is 14.2. The van der Waals surface area contributed by atoms with Crippen molar-refractivity contribution in [2.45, 2.75) is 84.4 Å². The zero-order chi connectivity index (χ0) is 28.4. The highest BCUT2D eigenvalue weighted by Crippen LogP contribution is 2.28. The number of nitrogens with zero attached hydrogens (tertiary/aromatic N) is 1. The van der Waals surface area contributed by atoms with Gasteiger partial charge in [0.05, 0.1) is 23.6 Å². The van der Waals surface area contributed by atoms with Crippen LogP contribution in [0, 0.1) is 5.92 Å². The van der Waals surface area contributed by atoms with Gasteiger partial charge in [-0.05, 0) is 86.0 Å². The fourth-order valence-corrected chi connectivity index (χ4v) is 7.17. The summed E-state index contributed by atoms with van der Waals surface area (Å²) in [6.07, 6.45) is 4.48. The highest BCUT2D eigenvalue weighted by molar-refractivity contribution is 7.92. The van der Waals surface area contributed by atoms with Crippen molar-refractivity contribution in [2.24, 2.45) is 5.92 Å². The molecule has 0 aliphatic carbocycles. The van der Waals surface area contributed by atoms with Crippen molar-refractivity contribution in [1.29, 1.82) is 0 Å². The molecule has 0 spiro atoms. The molecule has 1 aliphatic rings. The maximum absolute atomic E-state index is 13.5. The van der Waals surface area contributed by atoms with E-state index >= 15 is 0 Å². The van der Waals surface area contributed by atoms with Crippen molar-refractivity contribution >= 4 is 51.0 Å². The number of hydrogen-bond acceptors (Lipinski definition) is 7. The van der Waals surface area contributed by atoms with E-state index in [0.29, 0.717) is 55.3 Å². The first-order valence-electron chi connectivity index (χ1n) is 14.2. The first-order chi connectivity index (χ1) is 18.6. The minimum Gasteiger partial charge on any atom is -0.390 e. The normalized spacial score (nSPS) is 17.1. The maximum atomic E-state index is 13.5. The average molecular weight is 615 g/mol. The molecule has 11 heteroatoms. The van der Waals surface area contributed by atoms with Crippen LogP contribution in [-0.2, 0) is 16.4 Å². The quantitative estimate of drug-likeness (QED) is 0.224. The number of aliphatic hydroxyl groups is 1. The third-order valence-electron chi connectivity index (χ3n) is 7.11. The average Bonchev–Trinajstić information content (AvgIpc) is 3.39. The van der Waals surface area contributed by atoms with Crippen LogP contribution in [0.2, 0.25) is 0 Å². The summed E-state index contributed by atoms with van der Waals surface area (Å²) in [7, 11) is -3.42. The molecule has 2 aromatic rings. The van der Waals surface area contributed by atoms with Gasteiger partial charge in [0.25, 0.3) is 5.91 Å². The first kappa shape index (κ1) is 34.4. The molecule has 3 atom stereocenters. The lowest BCUT2D eigenvalue weighted by Gasteiger charge is -2.29. The topological polar surface area (TPSA) is 111 Å². The molecule has 0 saturated carbocycles. The molecule has 1 amide bonds. The molecule has 0 bridgehead atoms. The van der Waals surface area contributed by atoms with Gasteiger partial charge in [-0.25, -0.2) is 8.42 Å². The summed E-state index contributed by atoms with van der Waals surface area (Å²) in [4.78, 5) is 13.5. The predicted octanol–water partition coefficient (Wildman–Crippen LogP) is 5.04. The number of hydrogen-bond donors (Lipinski definition) is 4. The Balaban J connectivity index is 0.00000560. The Morgan fingerprint density at radius 1 is 1.15 bits per heavy atom. The van der Waals surface area contributed by atoms with Crippen molar-refractivity contribution in [3.63, 3.8) is 0 Å². The fraction of sp³-hybridized carbons (Fsp3) is 0.621. The number of sulfonamides is 1. The molecule has 1 saturated heterocycles. The smallest absolute Gasteiger partial charge is 0.251 e. The van der Waals surface area contributed by atoms with Crippen molar-refractivity contribution in [2.75, 3.05) is 35.0 Å². The number of aliphatic hydroxyl groups excluding tert-OH is 1. The minimum atomic E-state index is -3.42. The number of anilines is 2. The number of rotatable bonds is 15. The molecule has 4 N–H and O–H groups in total. The predicted molar refractivity (Wildman–Crippen MR) is 170 cm³/mol. The molecule has 226 valence electrons. The van der Waals surface area contributed by atoms with Gasteiger partial charge in [0.2, 0.25) is 10.0 Å². The second-order valence-electron chi connectivity index (χ2n) is 11.0. The van der Waals surface area contributed by atoms with Crippen molar-refractivity contribution in [3.05, 3.63) is 46.2 Å². The molecule has 0 radical (unpaired) electrons. The van der Waals surface area contributed by atoms with Gasteiger partial charge in [-0.2, -0.15) is 11.3 Å². The largest absolute Gasteiger partial charge is 0.390 e. The second-order valence-corrected chi connectivity index (χ2v) is 13.8. The Labute approximate surface area is 250 Å². The van der Waals surface area contributed by atoms with Crippen LogP contribution in [0.25, 0.3) is 0 Å². The van der Waals surface area contributed by atoms with Gasteiger partial charge in [-0.1, -0.05) is 26.7 Å². The van der Waals surface area contributed by atoms with Crippen LogP contribution in [0.15, 0.2) is 35.0 Å². The zero-order valence-electron chi connectivity index (χ0n) is 24.2. The number of carbonyl (C=O) groups is 1. The molecule has 1 aromatic heterocycles. The van der Waals surface area contributed by atoms with Crippen LogP contribution >= 0.6 is 23.7 Å². The molecule has 40 heavy (non-hydrogen) atoms. The van der Waals surface area contributed by atoms with E-state index in [2.05, 4.69) is 36.7 Å².